The summed E-state index contributed by atoms with van der Waals surface area (Å²) in [5, 5.41) is 14.3. The van der Waals surface area contributed by atoms with Crippen molar-refractivity contribution in [1.82, 2.24) is 15.3 Å². The molecular weight excluding hydrogens is 296 g/mol. The molecule has 2 aliphatic heterocycles. The van der Waals surface area contributed by atoms with Gasteiger partial charge in [0.1, 0.15) is 0 Å². The van der Waals surface area contributed by atoms with Crippen LogP contribution < -0.4 is 11.1 Å². The van der Waals surface area contributed by atoms with Crippen molar-refractivity contribution >= 4 is 11.9 Å². The van der Waals surface area contributed by atoms with E-state index in [0.717, 1.165) is 0 Å². The van der Waals surface area contributed by atoms with Crippen molar-refractivity contribution in [2.45, 2.75) is 5.85 Å². The van der Waals surface area contributed by atoms with Gasteiger partial charge in [-0.3, -0.25) is 4.79 Å². The van der Waals surface area contributed by atoms with Gasteiger partial charge < -0.3 is 30.5 Å². The van der Waals surface area contributed by atoms with Crippen molar-refractivity contribution < 1.29 is 29.0 Å². The Morgan fingerprint density at radius 2 is 1.68 bits per heavy atom. The molecule has 2 fully saturated rings. The first-order valence-electron chi connectivity index (χ1n) is 7.17. The largest absolute Gasteiger partial charge is 0.395 e. The number of morpholine rings is 2. The number of hydroxylamine groups is 2. The van der Waals surface area contributed by atoms with Gasteiger partial charge in [0.2, 0.25) is 5.91 Å². The van der Waals surface area contributed by atoms with Crippen molar-refractivity contribution in [3.05, 3.63) is 0 Å². The molecule has 10 heteroatoms. The Kier molecular flexibility index (Phi) is 6.06. The molecule has 4 N–H and O–H groups in total. The Hall–Kier alpha value is -1.30. The Labute approximate surface area is 128 Å². The lowest BCUT2D eigenvalue weighted by Gasteiger charge is -2.40. The fraction of sp³-hybridized carbons (Fsp3) is 0.833. The van der Waals surface area contributed by atoms with Crippen molar-refractivity contribution in [1.29, 1.82) is 0 Å². The fourth-order valence-electron chi connectivity index (χ4n) is 2.21. The third-order valence-electron chi connectivity index (χ3n) is 3.43. The normalized spacial score (nSPS) is 23.5. The van der Waals surface area contributed by atoms with Crippen molar-refractivity contribution in [3.8, 4) is 0 Å². The van der Waals surface area contributed by atoms with Crippen LogP contribution in [0.4, 0.5) is 0 Å². The highest BCUT2D eigenvalue weighted by Gasteiger charge is 2.47. The molecule has 1 atom stereocenters. The summed E-state index contributed by atoms with van der Waals surface area (Å²) < 4.78 is 10.3. The zero-order valence-corrected chi connectivity index (χ0v) is 12.3. The number of hydrogen-bond donors (Lipinski definition) is 3. The minimum atomic E-state index is -2.27. The molecule has 0 radical (unpaired) electrons. The molecule has 0 aromatic heterocycles. The second kappa shape index (κ2) is 7.81. The fourth-order valence-corrected chi connectivity index (χ4v) is 2.21. The SMILES string of the molecule is NCC(=O)NC(O)(C(=O)ON1CCOCC1)N1CCOCC1. The topological polar surface area (TPSA) is 127 Å². The predicted octanol–water partition coefficient (Wildman–Crippen LogP) is -3.17. The van der Waals surface area contributed by atoms with Crippen LogP contribution in [0.1, 0.15) is 0 Å². The van der Waals surface area contributed by atoms with Gasteiger partial charge in [-0.1, -0.05) is 0 Å². The van der Waals surface area contributed by atoms with Crippen LogP contribution in [0.25, 0.3) is 0 Å². The number of carbonyl (C=O) groups is 2. The molecule has 0 spiro atoms. The minimum Gasteiger partial charge on any atom is -0.379 e. The second-order valence-corrected chi connectivity index (χ2v) is 4.94. The summed E-state index contributed by atoms with van der Waals surface area (Å²) >= 11 is 0. The standard InChI is InChI=1S/C12H22N4O6/c13-9-10(17)14-12(19,15-1-5-20-6-2-15)11(18)22-16-3-7-21-8-4-16/h19H,1-9,13H2,(H,14,17). The van der Waals surface area contributed by atoms with Gasteiger partial charge in [-0.2, -0.15) is 0 Å². The summed E-state index contributed by atoms with van der Waals surface area (Å²) in [5.41, 5.74) is 5.25. The monoisotopic (exact) mass is 318 g/mol. The maximum Gasteiger partial charge on any atom is 0.395 e. The number of carbonyl (C=O) groups excluding carboxylic acids is 2. The van der Waals surface area contributed by atoms with Crippen molar-refractivity contribution in [3.63, 3.8) is 0 Å². The zero-order chi connectivity index (χ0) is 16.0. The number of ether oxygens (including phenoxy) is 2. The van der Waals surface area contributed by atoms with E-state index >= 15 is 0 Å². The van der Waals surface area contributed by atoms with Gasteiger partial charge in [0.15, 0.2) is 0 Å². The molecule has 0 aromatic rings. The van der Waals surface area contributed by atoms with Crippen LogP contribution in [0, 0.1) is 0 Å². The summed E-state index contributed by atoms with van der Waals surface area (Å²) in [6, 6.07) is 0. The number of aliphatic hydroxyl groups is 1. The van der Waals surface area contributed by atoms with E-state index in [1.807, 2.05) is 0 Å². The lowest BCUT2D eigenvalue weighted by molar-refractivity contribution is -0.248. The maximum absolute atomic E-state index is 12.4. The number of rotatable bonds is 5. The van der Waals surface area contributed by atoms with Crippen molar-refractivity contribution in [2.24, 2.45) is 5.73 Å². The predicted molar refractivity (Wildman–Crippen MR) is 73.0 cm³/mol. The molecule has 10 nitrogen and oxygen atoms in total. The number of nitrogens with one attached hydrogen (secondary N) is 1. The highest BCUT2D eigenvalue weighted by molar-refractivity contribution is 5.86. The highest BCUT2D eigenvalue weighted by atomic mass is 16.7. The summed E-state index contributed by atoms with van der Waals surface area (Å²) in [4.78, 5) is 30.5. The Morgan fingerprint density at radius 1 is 1.14 bits per heavy atom. The highest BCUT2D eigenvalue weighted by Crippen LogP contribution is 2.15. The first-order chi connectivity index (χ1) is 10.6. The molecular formula is C12H22N4O6. The van der Waals surface area contributed by atoms with Crippen LogP contribution in [-0.4, -0.2) is 91.9 Å². The van der Waals surface area contributed by atoms with E-state index in [2.05, 4.69) is 5.32 Å². The molecule has 2 saturated heterocycles. The first-order valence-corrected chi connectivity index (χ1v) is 7.17. The lowest BCUT2D eigenvalue weighted by atomic mass is 10.3. The van der Waals surface area contributed by atoms with Gasteiger partial charge >= 0.3 is 11.8 Å². The lowest BCUT2D eigenvalue weighted by Crippen LogP contribution is -2.69. The first kappa shape index (κ1) is 17.1. The van der Waals surface area contributed by atoms with Crippen LogP contribution >= 0.6 is 0 Å². The Bertz CT molecular complexity index is 397. The van der Waals surface area contributed by atoms with E-state index in [4.69, 9.17) is 20.0 Å². The van der Waals surface area contributed by atoms with Gasteiger partial charge in [-0.25, -0.2) is 9.69 Å². The summed E-state index contributed by atoms with van der Waals surface area (Å²) in [5.74, 6) is -3.90. The molecule has 1 unspecified atom stereocenters. The number of hydrogen-bond acceptors (Lipinski definition) is 9. The number of nitrogens with two attached hydrogens (primary N) is 1. The molecule has 2 rings (SSSR count). The van der Waals surface area contributed by atoms with E-state index in [-0.39, 0.29) is 19.6 Å². The molecule has 0 aromatic carbocycles. The number of nitrogens with zero attached hydrogens (tertiary/aromatic N) is 2. The van der Waals surface area contributed by atoms with E-state index in [1.165, 1.54) is 9.96 Å². The van der Waals surface area contributed by atoms with Crippen LogP contribution in [-0.2, 0) is 23.9 Å². The van der Waals surface area contributed by atoms with Gasteiger partial charge in [0, 0.05) is 13.1 Å². The molecule has 126 valence electrons. The quantitative estimate of drug-likeness (QED) is 0.450. The molecule has 0 saturated carbocycles. The third-order valence-corrected chi connectivity index (χ3v) is 3.43. The zero-order valence-electron chi connectivity index (χ0n) is 12.3. The van der Waals surface area contributed by atoms with Gasteiger partial charge in [-0.05, 0) is 0 Å². The summed E-state index contributed by atoms with van der Waals surface area (Å²) in [6.45, 7) is 2.54. The molecule has 0 bridgehead atoms. The molecule has 22 heavy (non-hydrogen) atoms. The minimum absolute atomic E-state index is 0.277. The van der Waals surface area contributed by atoms with E-state index in [9.17, 15) is 14.7 Å². The molecule has 0 aliphatic carbocycles. The van der Waals surface area contributed by atoms with Crippen LogP contribution in [0.3, 0.4) is 0 Å². The summed E-state index contributed by atoms with van der Waals surface area (Å²) in [7, 11) is 0. The van der Waals surface area contributed by atoms with Crippen LogP contribution in [0.2, 0.25) is 0 Å². The molecule has 1 amide bonds. The van der Waals surface area contributed by atoms with Gasteiger partial charge in [0.05, 0.1) is 46.1 Å². The molecule has 2 aliphatic rings. The van der Waals surface area contributed by atoms with Gasteiger partial charge in [-0.15, -0.1) is 5.06 Å². The number of amides is 1. The van der Waals surface area contributed by atoms with Crippen LogP contribution in [0.15, 0.2) is 0 Å². The van der Waals surface area contributed by atoms with E-state index in [0.29, 0.717) is 39.5 Å². The van der Waals surface area contributed by atoms with Gasteiger partial charge in [0.25, 0.3) is 0 Å². The summed E-state index contributed by atoms with van der Waals surface area (Å²) in [6.07, 6.45) is 0. The maximum atomic E-state index is 12.4. The second-order valence-electron chi connectivity index (χ2n) is 4.94. The Balaban J connectivity index is 2.07. The molecule has 2 heterocycles. The van der Waals surface area contributed by atoms with Crippen molar-refractivity contribution in [2.75, 3.05) is 59.2 Å². The van der Waals surface area contributed by atoms with E-state index < -0.39 is 17.7 Å². The average molecular weight is 318 g/mol. The van der Waals surface area contributed by atoms with Crippen LogP contribution in [0.5, 0.6) is 0 Å². The smallest absolute Gasteiger partial charge is 0.379 e. The van der Waals surface area contributed by atoms with E-state index in [1.54, 1.807) is 0 Å². The average Bonchev–Trinajstić information content (AvgIpc) is 2.56. The Morgan fingerprint density at radius 3 is 2.23 bits per heavy atom. The third kappa shape index (κ3) is 4.12.